The van der Waals surface area contributed by atoms with Crippen molar-refractivity contribution in [3.8, 4) is 11.1 Å². The highest BCUT2D eigenvalue weighted by molar-refractivity contribution is 5.94. The SMILES string of the molecule is Cc1nc(NCCNC(=O)c2ccc(-c3ccccc3)cc2)cc(N2CCCCC2)n1. The van der Waals surface area contributed by atoms with Crippen molar-refractivity contribution in [1.82, 2.24) is 15.3 Å². The minimum absolute atomic E-state index is 0.0747. The van der Waals surface area contributed by atoms with E-state index in [0.29, 0.717) is 18.7 Å². The second-order valence-corrected chi connectivity index (χ2v) is 7.83. The predicted molar refractivity (Wildman–Crippen MR) is 126 cm³/mol. The van der Waals surface area contributed by atoms with E-state index in [-0.39, 0.29) is 5.91 Å². The van der Waals surface area contributed by atoms with Gasteiger partial charge in [0, 0.05) is 37.8 Å². The number of nitrogens with zero attached hydrogens (tertiary/aromatic N) is 3. The van der Waals surface area contributed by atoms with Crippen LogP contribution in [0.3, 0.4) is 0 Å². The summed E-state index contributed by atoms with van der Waals surface area (Å²) >= 11 is 0. The average Bonchev–Trinajstić information content (AvgIpc) is 2.82. The summed E-state index contributed by atoms with van der Waals surface area (Å²) in [5.74, 6) is 2.47. The number of nitrogens with one attached hydrogen (secondary N) is 2. The molecule has 1 aromatic heterocycles. The summed E-state index contributed by atoms with van der Waals surface area (Å²) in [5.41, 5.74) is 2.90. The second-order valence-electron chi connectivity index (χ2n) is 7.83. The maximum atomic E-state index is 12.4. The molecule has 3 aromatic rings. The van der Waals surface area contributed by atoms with E-state index in [1.54, 1.807) is 0 Å². The first-order valence-electron chi connectivity index (χ1n) is 11.0. The van der Waals surface area contributed by atoms with Crippen LogP contribution in [0.1, 0.15) is 35.4 Å². The van der Waals surface area contributed by atoms with Crippen LogP contribution in [0.5, 0.6) is 0 Å². The topological polar surface area (TPSA) is 70.2 Å². The van der Waals surface area contributed by atoms with Crippen LogP contribution >= 0.6 is 0 Å². The molecule has 2 aromatic carbocycles. The minimum atomic E-state index is -0.0747. The van der Waals surface area contributed by atoms with Crippen molar-refractivity contribution >= 4 is 17.5 Å². The van der Waals surface area contributed by atoms with E-state index in [4.69, 9.17) is 0 Å². The fourth-order valence-electron chi connectivity index (χ4n) is 3.84. The van der Waals surface area contributed by atoms with Gasteiger partial charge in [-0.1, -0.05) is 42.5 Å². The van der Waals surface area contributed by atoms with Gasteiger partial charge in [-0.25, -0.2) is 9.97 Å². The highest BCUT2D eigenvalue weighted by atomic mass is 16.1. The van der Waals surface area contributed by atoms with Gasteiger partial charge in [0.1, 0.15) is 17.5 Å². The molecular weight excluding hydrogens is 386 g/mol. The summed E-state index contributed by atoms with van der Waals surface area (Å²) in [6.07, 6.45) is 3.72. The van der Waals surface area contributed by atoms with Gasteiger partial charge in [-0.05, 0) is 49.4 Å². The number of anilines is 2. The van der Waals surface area contributed by atoms with Crippen molar-refractivity contribution in [3.05, 3.63) is 72.1 Å². The normalized spacial score (nSPS) is 13.6. The molecule has 0 radical (unpaired) electrons. The summed E-state index contributed by atoms with van der Waals surface area (Å²) in [5, 5.41) is 6.28. The Hall–Kier alpha value is -3.41. The summed E-state index contributed by atoms with van der Waals surface area (Å²) in [4.78, 5) is 23.8. The first kappa shape index (κ1) is 20.8. The Kier molecular flexibility index (Phi) is 6.77. The summed E-state index contributed by atoms with van der Waals surface area (Å²) in [6, 6.07) is 19.8. The van der Waals surface area contributed by atoms with Crippen molar-refractivity contribution in [3.63, 3.8) is 0 Å². The van der Waals surface area contributed by atoms with Gasteiger partial charge in [-0.2, -0.15) is 0 Å². The fraction of sp³-hybridized carbons (Fsp3) is 0.320. The monoisotopic (exact) mass is 415 g/mol. The first-order chi connectivity index (χ1) is 15.2. The van der Waals surface area contributed by atoms with Crippen LogP contribution in [0, 0.1) is 6.92 Å². The molecule has 1 aliphatic heterocycles. The lowest BCUT2D eigenvalue weighted by molar-refractivity contribution is 0.0955. The number of hydrogen-bond donors (Lipinski definition) is 2. The molecule has 31 heavy (non-hydrogen) atoms. The Morgan fingerprint density at radius 2 is 1.61 bits per heavy atom. The van der Waals surface area contributed by atoms with E-state index in [9.17, 15) is 4.79 Å². The Balaban J connectivity index is 1.28. The molecule has 0 saturated carbocycles. The van der Waals surface area contributed by atoms with E-state index >= 15 is 0 Å². The van der Waals surface area contributed by atoms with Gasteiger partial charge in [-0.15, -0.1) is 0 Å². The van der Waals surface area contributed by atoms with E-state index in [2.05, 4.69) is 37.6 Å². The standard InChI is InChI=1S/C25H29N5O/c1-19-28-23(18-24(29-19)30-16-6-3-7-17-30)26-14-15-27-25(31)22-12-10-21(11-13-22)20-8-4-2-5-9-20/h2,4-5,8-13,18H,3,6-7,14-17H2,1H3,(H,27,31)(H,26,28,29). The molecule has 6 heteroatoms. The number of piperidine rings is 1. The van der Waals surface area contributed by atoms with Crippen molar-refractivity contribution in [1.29, 1.82) is 0 Å². The Labute approximate surface area is 183 Å². The molecule has 2 N–H and O–H groups in total. The molecule has 0 bridgehead atoms. The zero-order valence-electron chi connectivity index (χ0n) is 18.0. The number of aromatic nitrogens is 2. The molecular formula is C25H29N5O. The second kappa shape index (κ2) is 10.1. The van der Waals surface area contributed by atoms with Crippen LogP contribution in [0.4, 0.5) is 11.6 Å². The molecule has 1 aliphatic rings. The molecule has 2 heterocycles. The minimum Gasteiger partial charge on any atom is -0.368 e. The molecule has 4 rings (SSSR count). The smallest absolute Gasteiger partial charge is 0.251 e. The predicted octanol–water partition coefficient (Wildman–Crippen LogP) is 4.28. The third-order valence-electron chi connectivity index (χ3n) is 5.48. The Bertz CT molecular complexity index is 998. The average molecular weight is 416 g/mol. The van der Waals surface area contributed by atoms with Gasteiger partial charge in [0.15, 0.2) is 0 Å². The molecule has 0 unspecified atom stereocenters. The number of amides is 1. The largest absolute Gasteiger partial charge is 0.368 e. The molecule has 0 spiro atoms. The Morgan fingerprint density at radius 1 is 0.903 bits per heavy atom. The highest BCUT2D eigenvalue weighted by Gasteiger charge is 2.14. The Morgan fingerprint density at radius 3 is 2.35 bits per heavy atom. The number of benzene rings is 2. The van der Waals surface area contributed by atoms with Crippen LogP contribution in [0.25, 0.3) is 11.1 Å². The van der Waals surface area contributed by atoms with Gasteiger partial charge in [0.05, 0.1) is 0 Å². The van der Waals surface area contributed by atoms with E-state index in [1.165, 1.54) is 19.3 Å². The fourth-order valence-corrected chi connectivity index (χ4v) is 3.84. The van der Waals surface area contributed by atoms with Gasteiger partial charge in [0.25, 0.3) is 5.91 Å². The summed E-state index contributed by atoms with van der Waals surface area (Å²) in [7, 11) is 0. The van der Waals surface area contributed by atoms with E-state index < -0.39 is 0 Å². The summed E-state index contributed by atoms with van der Waals surface area (Å²) < 4.78 is 0. The van der Waals surface area contributed by atoms with Gasteiger partial charge in [0.2, 0.25) is 0 Å². The zero-order valence-corrected chi connectivity index (χ0v) is 18.0. The maximum Gasteiger partial charge on any atom is 0.251 e. The van der Waals surface area contributed by atoms with Crippen molar-refractivity contribution in [2.45, 2.75) is 26.2 Å². The van der Waals surface area contributed by atoms with Crippen molar-refractivity contribution in [2.75, 3.05) is 36.4 Å². The third-order valence-corrected chi connectivity index (χ3v) is 5.48. The molecule has 160 valence electrons. The van der Waals surface area contributed by atoms with Gasteiger partial charge >= 0.3 is 0 Å². The van der Waals surface area contributed by atoms with E-state index in [1.807, 2.05) is 55.5 Å². The molecule has 1 saturated heterocycles. The number of rotatable bonds is 7. The van der Waals surface area contributed by atoms with Crippen molar-refractivity contribution in [2.24, 2.45) is 0 Å². The molecule has 0 aliphatic carbocycles. The molecule has 1 fully saturated rings. The van der Waals surface area contributed by atoms with Gasteiger partial charge in [-0.3, -0.25) is 4.79 Å². The lowest BCUT2D eigenvalue weighted by Crippen LogP contribution is -2.31. The van der Waals surface area contributed by atoms with Crippen LogP contribution in [0.15, 0.2) is 60.7 Å². The molecule has 1 amide bonds. The lowest BCUT2D eigenvalue weighted by atomic mass is 10.0. The third kappa shape index (κ3) is 5.60. The maximum absolute atomic E-state index is 12.4. The number of aryl methyl sites for hydroxylation is 1. The van der Waals surface area contributed by atoms with Crippen LogP contribution < -0.4 is 15.5 Å². The van der Waals surface area contributed by atoms with Crippen LogP contribution in [-0.4, -0.2) is 42.1 Å². The number of carbonyl (C=O) groups excluding carboxylic acids is 1. The van der Waals surface area contributed by atoms with E-state index in [0.717, 1.165) is 41.7 Å². The highest BCUT2D eigenvalue weighted by Crippen LogP contribution is 2.21. The number of hydrogen-bond acceptors (Lipinski definition) is 5. The molecule has 6 nitrogen and oxygen atoms in total. The van der Waals surface area contributed by atoms with Crippen molar-refractivity contribution < 1.29 is 4.79 Å². The van der Waals surface area contributed by atoms with Gasteiger partial charge < -0.3 is 15.5 Å². The van der Waals surface area contributed by atoms with Crippen LogP contribution in [-0.2, 0) is 0 Å². The number of carbonyl (C=O) groups is 1. The summed E-state index contributed by atoms with van der Waals surface area (Å²) in [6.45, 7) is 5.13. The lowest BCUT2D eigenvalue weighted by Gasteiger charge is -2.28. The zero-order chi connectivity index (χ0) is 21.5. The van der Waals surface area contributed by atoms with Crippen LogP contribution in [0.2, 0.25) is 0 Å². The first-order valence-corrected chi connectivity index (χ1v) is 11.0. The quantitative estimate of drug-likeness (QED) is 0.564. The molecule has 0 atom stereocenters.